The predicted octanol–water partition coefficient (Wildman–Crippen LogP) is -1.71. The van der Waals surface area contributed by atoms with E-state index in [2.05, 4.69) is 4.98 Å². The van der Waals surface area contributed by atoms with Gasteiger partial charge < -0.3 is 4.55 Å². The molecule has 0 spiro atoms. The first-order chi connectivity index (χ1) is 5.11. The normalized spacial score (nSPS) is 11.9. The van der Waals surface area contributed by atoms with Gasteiger partial charge in [-0.25, -0.2) is 4.98 Å². The van der Waals surface area contributed by atoms with E-state index < -0.39 is 11.1 Å². The summed E-state index contributed by atoms with van der Waals surface area (Å²) in [6.45, 7) is 1.59. The maximum atomic E-state index is 10.4. The molecule has 0 radical (unpaired) electrons. The van der Waals surface area contributed by atoms with Crippen LogP contribution in [-0.4, -0.2) is 13.7 Å². The van der Waals surface area contributed by atoms with E-state index in [0.717, 1.165) is 0 Å². The zero-order valence-corrected chi connectivity index (χ0v) is 10.3. The number of aromatic nitrogens is 1. The average Bonchev–Trinajstić information content (AvgIpc) is 1.85. The molecule has 0 aliphatic rings. The zero-order chi connectivity index (χ0) is 8.43. The Bertz CT molecular complexity index is 308. The number of hydrogen-bond donors (Lipinski definition) is 0. The summed E-state index contributed by atoms with van der Waals surface area (Å²) in [6, 6.07) is 2.87. The first-order valence-electron chi connectivity index (χ1n) is 2.83. The van der Waals surface area contributed by atoms with Gasteiger partial charge in [0.25, 0.3) is 0 Å². The number of hydrogen-bond acceptors (Lipinski definition) is 3. The summed E-state index contributed by atoms with van der Waals surface area (Å²) in [4.78, 5) is 3.96. The predicted molar refractivity (Wildman–Crippen MR) is 41.2 cm³/mol. The van der Waals surface area contributed by atoms with Gasteiger partial charge >= 0.3 is 29.6 Å². The number of aryl methyl sites for hydroxylation is 1. The smallest absolute Gasteiger partial charge is 0.768 e. The fraction of sp³-hybridized carbons (Fsp3) is 0.167. The number of pyridine rings is 1. The minimum Gasteiger partial charge on any atom is -0.768 e. The molecule has 1 heterocycles. The Hall–Kier alpha value is 0.550. The van der Waals surface area contributed by atoms with Gasteiger partial charge in [-0.2, -0.15) is 0 Å². The van der Waals surface area contributed by atoms with Crippen molar-refractivity contribution in [1.82, 2.24) is 4.98 Å². The van der Waals surface area contributed by atoms with Crippen LogP contribution in [0.25, 0.3) is 0 Å². The molecule has 1 aromatic heterocycles. The van der Waals surface area contributed by atoms with Crippen molar-refractivity contribution in [2.24, 2.45) is 0 Å². The Labute approximate surface area is 100 Å². The molecule has 1 aromatic rings. The van der Waals surface area contributed by atoms with Crippen LogP contribution in [0.3, 0.4) is 0 Å². The summed E-state index contributed by atoms with van der Waals surface area (Å²) < 4.78 is 20.9. The quantitative estimate of drug-likeness (QED) is 0.317. The van der Waals surface area contributed by atoms with Crippen LogP contribution >= 0.6 is 11.6 Å². The van der Waals surface area contributed by atoms with Gasteiger partial charge in [0.2, 0.25) is 0 Å². The minimum atomic E-state index is -2.22. The van der Waals surface area contributed by atoms with Crippen LogP contribution in [0.15, 0.2) is 17.0 Å². The van der Waals surface area contributed by atoms with Gasteiger partial charge in [0.05, 0.1) is 5.69 Å². The van der Waals surface area contributed by atoms with E-state index in [9.17, 15) is 8.76 Å². The maximum absolute atomic E-state index is 10.4. The fourth-order valence-electron chi connectivity index (χ4n) is 0.694. The molecule has 0 fully saturated rings. The van der Waals surface area contributed by atoms with E-state index in [1.54, 1.807) is 6.92 Å². The molecule has 0 aromatic carbocycles. The molecule has 1 rings (SSSR count). The van der Waals surface area contributed by atoms with Crippen LogP contribution < -0.4 is 29.6 Å². The van der Waals surface area contributed by atoms with E-state index in [1.165, 1.54) is 12.1 Å². The standard InChI is InChI=1S/C6H6ClNO2S.Na/c1-4-5(11(9)10)2-3-6(7)8-4;/h2-3H,1H3,(H,9,10);/q;+1/p-1. The first kappa shape index (κ1) is 12.6. The van der Waals surface area contributed by atoms with E-state index in [4.69, 9.17) is 11.6 Å². The van der Waals surface area contributed by atoms with E-state index >= 15 is 0 Å². The third kappa shape index (κ3) is 3.12. The molecular weight excluding hydrogens is 209 g/mol. The van der Waals surface area contributed by atoms with Gasteiger partial charge in [-0.15, -0.1) is 0 Å². The topological polar surface area (TPSA) is 53.0 Å². The van der Waals surface area contributed by atoms with E-state index in [0.29, 0.717) is 10.8 Å². The third-order valence-corrected chi connectivity index (χ3v) is 2.18. The molecule has 12 heavy (non-hydrogen) atoms. The van der Waals surface area contributed by atoms with Gasteiger partial charge in [0, 0.05) is 4.90 Å². The van der Waals surface area contributed by atoms with Gasteiger partial charge in [-0.05, 0) is 30.1 Å². The Balaban J connectivity index is 0.00000121. The summed E-state index contributed by atoms with van der Waals surface area (Å²) in [5, 5.41) is 0.303. The monoisotopic (exact) mass is 213 g/mol. The Kier molecular flexibility index (Phi) is 5.56. The van der Waals surface area contributed by atoms with Gasteiger partial charge in [0.1, 0.15) is 5.15 Å². The SMILES string of the molecule is Cc1nc(Cl)ccc1S(=O)[O-].[Na+]. The Morgan fingerprint density at radius 3 is 2.58 bits per heavy atom. The van der Waals surface area contributed by atoms with Crippen LogP contribution in [0, 0.1) is 6.92 Å². The van der Waals surface area contributed by atoms with Crippen LogP contribution in [0.5, 0.6) is 0 Å². The second-order valence-electron chi connectivity index (χ2n) is 1.95. The van der Waals surface area contributed by atoms with E-state index in [1.807, 2.05) is 0 Å². The van der Waals surface area contributed by atoms with Gasteiger partial charge in [-0.1, -0.05) is 11.6 Å². The van der Waals surface area contributed by atoms with Crippen LogP contribution in [0.2, 0.25) is 5.15 Å². The van der Waals surface area contributed by atoms with Crippen molar-refractivity contribution in [2.75, 3.05) is 0 Å². The molecule has 0 bridgehead atoms. The molecule has 0 aliphatic heterocycles. The largest absolute Gasteiger partial charge is 1.00 e. The molecule has 60 valence electrons. The van der Waals surface area contributed by atoms with Crippen molar-refractivity contribution in [1.29, 1.82) is 0 Å². The van der Waals surface area contributed by atoms with Crippen molar-refractivity contribution >= 4 is 22.7 Å². The van der Waals surface area contributed by atoms with Crippen LogP contribution in [-0.2, 0) is 11.1 Å². The van der Waals surface area contributed by atoms with Crippen molar-refractivity contribution in [2.45, 2.75) is 11.8 Å². The molecule has 0 N–H and O–H groups in total. The zero-order valence-electron chi connectivity index (χ0n) is 6.70. The second-order valence-corrected chi connectivity index (χ2v) is 3.25. The summed E-state index contributed by atoms with van der Waals surface area (Å²) in [6.07, 6.45) is 0. The molecular formula is C6H5ClNNaO2S. The molecule has 0 saturated heterocycles. The van der Waals surface area contributed by atoms with Gasteiger partial charge in [-0.3, -0.25) is 4.21 Å². The molecule has 1 atom stereocenters. The minimum absolute atomic E-state index is 0. The Morgan fingerprint density at radius 1 is 1.58 bits per heavy atom. The number of halogens is 1. The summed E-state index contributed by atoms with van der Waals surface area (Å²) in [7, 11) is 0. The summed E-state index contributed by atoms with van der Waals surface area (Å²) >= 11 is 3.29. The number of nitrogens with zero attached hydrogens (tertiary/aromatic N) is 1. The number of rotatable bonds is 1. The third-order valence-electron chi connectivity index (χ3n) is 1.18. The second kappa shape index (κ2) is 5.32. The summed E-state index contributed by atoms with van der Waals surface area (Å²) in [5.74, 6) is 0. The molecule has 6 heteroatoms. The van der Waals surface area contributed by atoms with Crippen molar-refractivity contribution in [3.63, 3.8) is 0 Å². The van der Waals surface area contributed by atoms with E-state index in [-0.39, 0.29) is 34.5 Å². The van der Waals surface area contributed by atoms with Crippen LogP contribution in [0.1, 0.15) is 5.69 Å². The average molecular weight is 214 g/mol. The fourth-order valence-corrected chi connectivity index (χ4v) is 1.35. The summed E-state index contributed by atoms with van der Waals surface area (Å²) in [5.41, 5.74) is 0.422. The van der Waals surface area contributed by atoms with Crippen LogP contribution in [0.4, 0.5) is 0 Å². The van der Waals surface area contributed by atoms with Gasteiger partial charge in [0.15, 0.2) is 0 Å². The molecule has 0 amide bonds. The molecule has 1 unspecified atom stereocenters. The van der Waals surface area contributed by atoms with Crippen molar-refractivity contribution in [3.8, 4) is 0 Å². The first-order valence-corrected chi connectivity index (χ1v) is 4.29. The molecule has 3 nitrogen and oxygen atoms in total. The molecule has 0 aliphatic carbocycles. The van der Waals surface area contributed by atoms with Crippen molar-refractivity contribution in [3.05, 3.63) is 23.0 Å². The maximum Gasteiger partial charge on any atom is 1.00 e. The Morgan fingerprint density at radius 2 is 2.17 bits per heavy atom. The molecule has 0 saturated carbocycles. The van der Waals surface area contributed by atoms with Crippen molar-refractivity contribution < 1.29 is 38.3 Å².